The van der Waals surface area contributed by atoms with Gasteiger partial charge in [-0.25, -0.2) is 0 Å². The maximum absolute atomic E-state index is 11.8. The summed E-state index contributed by atoms with van der Waals surface area (Å²) in [6, 6.07) is 15.0. The summed E-state index contributed by atoms with van der Waals surface area (Å²) in [5.74, 6) is 0.443. The molecule has 2 aromatic carbocycles. The van der Waals surface area contributed by atoms with Gasteiger partial charge in [-0.05, 0) is 54.7 Å². The zero-order valence-corrected chi connectivity index (χ0v) is 15.1. The molecule has 0 amide bonds. The highest BCUT2D eigenvalue weighted by Crippen LogP contribution is 2.26. The summed E-state index contributed by atoms with van der Waals surface area (Å²) >= 11 is 0. The highest BCUT2D eigenvalue weighted by Gasteiger charge is 2.21. The second-order valence-electron chi connectivity index (χ2n) is 6.45. The molecule has 0 saturated heterocycles. The number of hydrogen-bond donors (Lipinski definition) is 1. The van der Waals surface area contributed by atoms with Gasteiger partial charge >= 0.3 is 5.97 Å². The normalized spacial score (nSPS) is 12.0. The third kappa shape index (κ3) is 5.82. The van der Waals surface area contributed by atoms with Crippen LogP contribution in [0.5, 0.6) is 11.5 Å². The van der Waals surface area contributed by atoms with Gasteiger partial charge in [-0.2, -0.15) is 0 Å². The number of carbonyl (C=O) groups is 1. The van der Waals surface area contributed by atoms with Gasteiger partial charge in [-0.3, -0.25) is 4.79 Å². The van der Waals surface area contributed by atoms with Gasteiger partial charge in [0.1, 0.15) is 11.5 Å². The lowest BCUT2D eigenvalue weighted by molar-refractivity contribution is -0.138. The predicted molar refractivity (Wildman–Crippen MR) is 98.5 cm³/mol. The molecule has 0 aromatic heterocycles. The van der Waals surface area contributed by atoms with Crippen molar-refractivity contribution in [3.05, 3.63) is 59.7 Å². The standard InChI is InChI=1S/C21H26O4/c1-4-24-19-10-6-8-17(13-19)20(21(22)23)12-16-7-5-9-18(11-16)25-14-15(2)3/h5-11,13,15,20H,4,12,14H2,1-3H3,(H,22,23). The van der Waals surface area contributed by atoms with Crippen LogP contribution < -0.4 is 9.47 Å². The Morgan fingerprint density at radius 2 is 1.72 bits per heavy atom. The monoisotopic (exact) mass is 342 g/mol. The van der Waals surface area contributed by atoms with Crippen LogP contribution in [-0.2, 0) is 11.2 Å². The summed E-state index contributed by atoms with van der Waals surface area (Å²) in [5, 5.41) is 9.68. The molecular formula is C21H26O4. The van der Waals surface area contributed by atoms with Gasteiger partial charge < -0.3 is 14.6 Å². The summed E-state index contributed by atoms with van der Waals surface area (Å²) in [4.78, 5) is 11.8. The fraction of sp³-hybridized carbons (Fsp3) is 0.381. The first-order valence-electron chi connectivity index (χ1n) is 8.67. The second-order valence-corrected chi connectivity index (χ2v) is 6.45. The Morgan fingerprint density at radius 3 is 2.36 bits per heavy atom. The Morgan fingerprint density at radius 1 is 1.04 bits per heavy atom. The van der Waals surface area contributed by atoms with Crippen molar-refractivity contribution in [1.29, 1.82) is 0 Å². The summed E-state index contributed by atoms with van der Waals surface area (Å²) < 4.78 is 11.2. The zero-order valence-electron chi connectivity index (χ0n) is 15.1. The molecule has 2 rings (SSSR count). The largest absolute Gasteiger partial charge is 0.494 e. The third-order valence-corrected chi connectivity index (χ3v) is 3.79. The molecule has 25 heavy (non-hydrogen) atoms. The van der Waals surface area contributed by atoms with Crippen LogP contribution in [0.4, 0.5) is 0 Å². The number of carboxylic acids is 1. The number of carboxylic acid groups (broad SMARTS) is 1. The van der Waals surface area contributed by atoms with Gasteiger partial charge in [0.25, 0.3) is 0 Å². The lowest BCUT2D eigenvalue weighted by Crippen LogP contribution is -2.14. The minimum Gasteiger partial charge on any atom is -0.494 e. The van der Waals surface area contributed by atoms with Crippen molar-refractivity contribution < 1.29 is 19.4 Å². The second kappa shape index (κ2) is 9.11. The third-order valence-electron chi connectivity index (χ3n) is 3.79. The maximum atomic E-state index is 11.8. The van der Waals surface area contributed by atoms with Crippen LogP contribution in [-0.4, -0.2) is 24.3 Å². The van der Waals surface area contributed by atoms with Gasteiger partial charge in [-0.1, -0.05) is 38.1 Å². The molecular weight excluding hydrogens is 316 g/mol. The lowest BCUT2D eigenvalue weighted by Gasteiger charge is -2.15. The van der Waals surface area contributed by atoms with Crippen LogP contribution in [0.15, 0.2) is 48.5 Å². The fourth-order valence-corrected chi connectivity index (χ4v) is 2.60. The van der Waals surface area contributed by atoms with E-state index in [1.165, 1.54) is 0 Å². The van der Waals surface area contributed by atoms with Gasteiger partial charge in [-0.15, -0.1) is 0 Å². The number of aliphatic carboxylic acids is 1. The van der Waals surface area contributed by atoms with E-state index in [1.54, 1.807) is 6.07 Å². The molecule has 0 aliphatic heterocycles. The van der Waals surface area contributed by atoms with Crippen LogP contribution in [0.1, 0.15) is 37.8 Å². The highest BCUT2D eigenvalue weighted by atomic mass is 16.5. The van der Waals surface area contributed by atoms with Gasteiger partial charge in [0, 0.05) is 0 Å². The van der Waals surface area contributed by atoms with E-state index < -0.39 is 11.9 Å². The molecule has 134 valence electrons. The maximum Gasteiger partial charge on any atom is 0.311 e. The number of ether oxygens (including phenoxy) is 2. The molecule has 1 atom stereocenters. The van der Waals surface area contributed by atoms with E-state index in [0.29, 0.717) is 31.3 Å². The molecule has 0 heterocycles. The first-order valence-corrected chi connectivity index (χ1v) is 8.67. The Labute approximate surface area is 149 Å². The quantitative estimate of drug-likeness (QED) is 0.727. The molecule has 0 aliphatic carbocycles. The van der Waals surface area contributed by atoms with E-state index in [0.717, 1.165) is 16.9 Å². The first-order chi connectivity index (χ1) is 12.0. The Hall–Kier alpha value is -2.49. The molecule has 1 unspecified atom stereocenters. The molecule has 0 fully saturated rings. The number of hydrogen-bond acceptors (Lipinski definition) is 3. The number of rotatable bonds is 9. The van der Waals surface area contributed by atoms with Crippen molar-refractivity contribution >= 4 is 5.97 Å². The van der Waals surface area contributed by atoms with Crippen molar-refractivity contribution in [3.8, 4) is 11.5 Å². The van der Waals surface area contributed by atoms with Crippen molar-refractivity contribution in [2.24, 2.45) is 5.92 Å². The molecule has 0 aliphatic rings. The van der Waals surface area contributed by atoms with Gasteiger partial charge in [0.2, 0.25) is 0 Å². The average Bonchev–Trinajstić information content (AvgIpc) is 2.58. The Bertz CT molecular complexity index is 694. The van der Waals surface area contributed by atoms with E-state index >= 15 is 0 Å². The van der Waals surface area contributed by atoms with Gasteiger partial charge in [0.05, 0.1) is 19.1 Å². The summed E-state index contributed by atoms with van der Waals surface area (Å²) in [7, 11) is 0. The van der Waals surface area contributed by atoms with E-state index in [1.807, 2.05) is 49.4 Å². The first kappa shape index (κ1) is 18.8. The minimum atomic E-state index is -0.845. The van der Waals surface area contributed by atoms with E-state index in [4.69, 9.17) is 9.47 Å². The van der Waals surface area contributed by atoms with Crippen molar-refractivity contribution in [2.45, 2.75) is 33.1 Å². The van der Waals surface area contributed by atoms with Gasteiger partial charge in [0.15, 0.2) is 0 Å². The molecule has 0 bridgehead atoms. The van der Waals surface area contributed by atoms with Crippen molar-refractivity contribution in [2.75, 3.05) is 13.2 Å². The summed E-state index contributed by atoms with van der Waals surface area (Å²) in [5.41, 5.74) is 1.68. The van der Waals surface area contributed by atoms with E-state index in [9.17, 15) is 9.90 Å². The Balaban J connectivity index is 2.18. The molecule has 0 saturated carbocycles. The van der Waals surface area contributed by atoms with Crippen molar-refractivity contribution in [1.82, 2.24) is 0 Å². The van der Waals surface area contributed by atoms with Crippen LogP contribution in [0.25, 0.3) is 0 Å². The SMILES string of the molecule is CCOc1cccc(C(Cc2cccc(OCC(C)C)c2)C(=O)O)c1. The van der Waals surface area contributed by atoms with Crippen LogP contribution in [0.2, 0.25) is 0 Å². The molecule has 0 radical (unpaired) electrons. The van der Waals surface area contributed by atoms with Crippen LogP contribution in [0, 0.1) is 5.92 Å². The summed E-state index contributed by atoms with van der Waals surface area (Å²) in [6.07, 6.45) is 0.407. The zero-order chi connectivity index (χ0) is 18.2. The van der Waals surface area contributed by atoms with Crippen LogP contribution in [0.3, 0.4) is 0 Å². The minimum absolute atomic E-state index is 0.407. The fourth-order valence-electron chi connectivity index (χ4n) is 2.60. The predicted octanol–water partition coefficient (Wildman–Crippen LogP) is 4.53. The number of benzene rings is 2. The molecule has 4 nitrogen and oxygen atoms in total. The molecule has 1 N–H and O–H groups in total. The average molecular weight is 342 g/mol. The molecule has 2 aromatic rings. The van der Waals surface area contributed by atoms with Crippen molar-refractivity contribution in [3.63, 3.8) is 0 Å². The summed E-state index contributed by atoms with van der Waals surface area (Å²) in [6.45, 7) is 7.29. The highest BCUT2D eigenvalue weighted by molar-refractivity contribution is 5.76. The topological polar surface area (TPSA) is 55.8 Å². The molecule has 4 heteroatoms. The van der Waals surface area contributed by atoms with Crippen LogP contribution >= 0.6 is 0 Å². The smallest absolute Gasteiger partial charge is 0.311 e. The van der Waals surface area contributed by atoms with E-state index in [2.05, 4.69) is 13.8 Å². The lowest BCUT2D eigenvalue weighted by atomic mass is 9.92. The molecule has 0 spiro atoms. The Kier molecular flexibility index (Phi) is 6.87. The van der Waals surface area contributed by atoms with E-state index in [-0.39, 0.29) is 0 Å².